The van der Waals surface area contributed by atoms with E-state index in [4.69, 9.17) is 0 Å². The first-order chi connectivity index (χ1) is 7.84. The maximum Gasteiger partial charge on any atom is 0.501 e. The van der Waals surface area contributed by atoms with Crippen molar-refractivity contribution >= 4 is 20.6 Å². The van der Waals surface area contributed by atoms with Gasteiger partial charge >= 0.3 is 5.51 Å². The van der Waals surface area contributed by atoms with E-state index in [0.29, 0.717) is 5.39 Å². The Morgan fingerprint density at radius 2 is 1.47 bits per heavy atom. The molecule has 0 unspecified atom stereocenters. The second-order valence-corrected chi connectivity index (χ2v) is 5.34. The first-order valence-electron chi connectivity index (χ1n) is 4.63. The summed E-state index contributed by atoms with van der Waals surface area (Å²) in [6, 6.07) is 9.86. The first-order valence-corrected chi connectivity index (χ1v) is 6.11. The zero-order chi connectivity index (χ0) is 12.7. The van der Waals surface area contributed by atoms with Gasteiger partial charge in [-0.25, -0.2) is 8.42 Å². The molecule has 0 amide bonds. The van der Waals surface area contributed by atoms with Gasteiger partial charge in [-0.1, -0.05) is 36.4 Å². The molecule has 0 aliphatic carbocycles. The first kappa shape index (κ1) is 11.9. The van der Waals surface area contributed by atoms with E-state index in [2.05, 4.69) is 0 Å². The lowest BCUT2D eigenvalue weighted by Crippen LogP contribution is -2.23. The number of sulfone groups is 1. The van der Waals surface area contributed by atoms with Gasteiger partial charge in [0.2, 0.25) is 0 Å². The molecule has 2 aromatic rings. The molecule has 0 bridgehead atoms. The normalized spacial score (nSPS) is 12.9. The van der Waals surface area contributed by atoms with Gasteiger partial charge in [-0.2, -0.15) is 13.2 Å². The van der Waals surface area contributed by atoms with Gasteiger partial charge in [0.1, 0.15) is 0 Å². The van der Waals surface area contributed by atoms with Crippen LogP contribution in [0.25, 0.3) is 10.8 Å². The Morgan fingerprint density at radius 3 is 2.12 bits per heavy atom. The predicted octanol–water partition coefficient (Wildman–Crippen LogP) is 3.13. The van der Waals surface area contributed by atoms with Crippen LogP contribution in [0.5, 0.6) is 0 Å². The lowest BCUT2D eigenvalue weighted by molar-refractivity contribution is -0.0435. The van der Waals surface area contributed by atoms with Gasteiger partial charge in [-0.15, -0.1) is 0 Å². The molecular formula is C11H7F3O2S. The molecule has 0 aliphatic heterocycles. The smallest absolute Gasteiger partial charge is 0.214 e. The Morgan fingerprint density at radius 1 is 0.882 bits per heavy atom. The molecule has 2 aromatic carbocycles. The number of benzene rings is 2. The van der Waals surface area contributed by atoms with Crippen LogP contribution in [0.3, 0.4) is 0 Å². The second kappa shape index (κ2) is 3.73. The topological polar surface area (TPSA) is 34.1 Å². The van der Waals surface area contributed by atoms with E-state index in [1.54, 1.807) is 18.2 Å². The van der Waals surface area contributed by atoms with Crippen LogP contribution >= 0.6 is 0 Å². The molecule has 0 spiro atoms. The molecular weight excluding hydrogens is 253 g/mol. The van der Waals surface area contributed by atoms with Crippen LogP contribution in [-0.4, -0.2) is 13.9 Å². The summed E-state index contributed by atoms with van der Waals surface area (Å²) in [5, 5.41) is 0.533. The van der Waals surface area contributed by atoms with Crippen molar-refractivity contribution in [2.75, 3.05) is 0 Å². The third kappa shape index (κ3) is 1.88. The summed E-state index contributed by atoms with van der Waals surface area (Å²) >= 11 is 0. The van der Waals surface area contributed by atoms with E-state index in [0.717, 1.165) is 6.07 Å². The van der Waals surface area contributed by atoms with Crippen molar-refractivity contribution in [1.82, 2.24) is 0 Å². The number of fused-ring (bicyclic) bond motifs is 1. The van der Waals surface area contributed by atoms with Gasteiger partial charge in [-0.3, -0.25) is 0 Å². The molecule has 0 radical (unpaired) electrons. The van der Waals surface area contributed by atoms with Crippen LogP contribution in [0.4, 0.5) is 13.2 Å². The second-order valence-electron chi connectivity index (χ2n) is 3.43. The van der Waals surface area contributed by atoms with Crippen LogP contribution < -0.4 is 0 Å². The Balaban J connectivity index is 2.82. The van der Waals surface area contributed by atoms with E-state index in [9.17, 15) is 21.6 Å². The van der Waals surface area contributed by atoms with Crippen molar-refractivity contribution in [3.05, 3.63) is 42.5 Å². The monoisotopic (exact) mass is 260 g/mol. The SMILES string of the molecule is O=S(=O)(c1cccc2ccccc12)C(F)(F)F. The lowest BCUT2D eigenvalue weighted by atomic mass is 10.1. The standard InChI is InChI=1S/C11H7F3O2S/c12-11(13,14)17(15,16)10-7-3-5-8-4-1-2-6-9(8)10/h1-7H. The summed E-state index contributed by atoms with van der Waals surface area (Å²) in [4.78, 5) is -0.705. The van der Waals surface area contributed by atoms with Gasteiger partial charge in [-0.05, 0) is 11.5 Å². The average Bonchev–Trinajstić information content (AvgIpc) is 2.26. The Kier molecular flexibility index (Phi) is 2.61. The number of alkyl halides is 3. The quantitative estimate of drug-likeness (QED) is 0.789. The molecule has 17 heavy (non-hydrogen) atoms. The van der Waals surface area contributed by atoms with Gasteiger partial charge in [0.05, 0.1) is 4.90 Å². The number of hydrogen-bond donors (Lipinski definition) is 0. The van der Waals surface area contributed by atoms with Crippen molar-refractivity contribution in [2.24, 2.45) is 0 Å². The van der Waals surface area contributed by atoms with Crippen LogP contribution in [-0.2, 0) is 9.84 Å². The van der Waals surface area contributed by atoms with E-state index < -0.39 is 20.2 Å². The summed E-state index contributed by atoms with van der Waals surface area (Å²) in [5.41, 5.74) is -5.28. The van der Waals surface area contributed by atoms with E-state index in [1.165, 1.54) is 18.2 Å². The van der Waals surface area contributed by atoms with E-state index >= 15 is 0 Å². The zero-order valence-electron chi connectivity index (χ0n) is 8.40. The molecule has 90 valence electrons. The summed E-state index contributed by atoms with van der Waals surface area (Å²) < 4.78 is 60.1. The summed E-state index contributed by atoms with van der Waals surface area (Å²) in [7, 11) is -5.30. The minimum Gasteiger partial charge on any atom is -0.214 e. The number of hydrogen-bond acceptors (Lipinski definition) is 2. The summed E-state index contributed by atoms with van der Waals surface area (Å²) in [5.74, 6) is 0. The molecule has 6 heteroatoms. The predicted molar refractivity (Wildman–Crippen MR) is 57.2 cm³/mol. The summed E-state index contributed by atoms with van der Waals surface area (Å²) in [6.45, 7) is 0. The molecule has 0 fully saturated rings. The molecule has 2 rings (SSSR count). The van der Waals surface area contributed by atoms with Crippen LogP contribution in [0, 0.1) is 0 Å². The van der Waals surface area contributed by atoms with Gasteiger partial charge < -0.3 is 0 Å². The van der Waals surface area contributed by atoms with E-state index in [1.807, 2.05) is 0 Å². The Hall–Kier alpha value is -1.56. The van der Waals surface area contributed by atoms with Crippen LogP contribution in [0.15, 0.2) is 47.4 Å². The molecule has 0 heterocycles. The molecule has 0 aliphatic rings. The van der Waals surface area contributed by atoms with Crippen LogP contribution in [0.1, 0.15) is 0 Å². The van der Waals surface area contributed by atoms with Gasteiger partial charge in [0.25, 0.3) is 9.84 Å². The third-order valence-electron chi connectivity index (χ3n) is 2.34. The molecule has 2 nitrogen and oxygen atoms in total. The Labute approximate surface area is 95.6 Å². The highest BCUT2D eigenvalue weighted by atomic mass is 32.2. The molecule has 0 saturated carbocycles. The van der Waals surface area contributed by atoms with Gasteiger partial charge in [0, 0.05) is 5.39 Å². The van der Waals surface area contributed by atoms with Crippen molar-refractivity contribution in [1.29, 1.82) is 0 Å². The molecule has 0 N–H and O–H groups in total. The van der Waals surface area contributed by atoms with Crippen molar-refractivity contribution in [3.63, 3.8) is 0 Å². The largest absolute Gasteiger partial charge is 0.501 e. The average molecular weight is 260 g/mol. The van der Waals surface area contributed by atoms with Crippen molar-refractivity contribution in [3.8, 4) is 0 Å². The maximum absolute atomic E-state index is 12.5. The third-order valence-corrected chi connectivity index (χ3v) is 3.89. The highest BCUT2D eigenvalue weighted by molar-refractivity contribution is 7.92. The number of rotatable bonds is 1. The minimum atomic E-state index is -5.30. The zero-order valence-corrected chi connectivity index (χ0v) is 9.22. The van der Waals surface area contributed by atoms with Crippen LogP contribution in [0.2, 0.25) is 0 Å². The van der Waals surface area contributed by atoms with Gasteiger partial charge in [0.15, 0.2) is 0 Å². The fourth-order valence-electron chi connectivity index (χ4n) is 1.55. The maximum atomic E-state index is 12.5. The minimum absolute atomic E-state index is 0.0762. The molecule has 0 aromatic heterocycles. The highest BCUT2D eigenvalue weighted by Crippen LogP contribution is 2.34. The lowest BCUT2D eigenvalue weighted by Gasteiger charge is -2.10. The van der Waals surface area contributed by atoms with Crippen molar-refractivity contribution < 1.29 is 21.6 Å². The molecule has 0 atom stereocenters. The fourth-order valence-corrected chi connectivity index (χ4v) is 2.54. The van der Waals surface area contributed by atoms with E-state index in [-0.39, 0.29) is 5.39 Å². The molecule has 0 saturated heterocycles. The highest BCUT2D eigenvalue weighted by Gasteiger charge is 2.47. The fraction of sp³-hybridized carbons (Fsp3) is 0.0909. The van der Waals surface area contributed by atoms with Crippen molar-refractivity contribution in [2.45, 2.75) is 10.4 Å². The summed E-state index contributed by atoms with van der Waals surface area (Å²) in [6.07, 6.45) is 0. The number of halogens is 3. The Bertz CT molecular complexity index is 654.